The third kappa shape index (κ3) is 6.13. The third-order valence-electron chi connectivity index (χ3n) is 5.53. The van der Waals surface area contributed by atoms with E-state index in [-0.39, 0.29) is 11.9 Å². The van der Waals surface area contributed by atoms with Crippen LogP contribution >= 0.6 is 0 Å². The molecular weight excluding hydrogens is 418 g/mol. The van der Waals surface area contributed by atoms with Crippen molar-refractivity contribution < 1.29 is 23.8 Å². The van der Waals surface area contributed by atoms with Crippen LogP contribution in [-0.2, 0) is 11.3 Å². The molecule has 0 radical (unpaired) electrons. The van der Waals surface area contributed by atoms with Gasteiger partial charge in [0, 0.05) is 35.4 Å². The number of aliphatic carboxylic acids is 1. The zero-order valence-electron chi connectivity index (χ0n) is 18.4. The molecule has 3 aromatic rings. The van der Waals surface area contributed by atoms with E-state index in [2.05, 4.69) is 0 Å². The van der Waals surface area contributed by atoms with Gasteiger partial charge in [0.25, 0.3) is 5.91 Å². The lowest BCUT2D eigenvalue weighted by Gasteiger charge is -2.24. The minimum absolute atomic E-state index is 0.0112. The van der Waals surface area contributed by atoms with Crippen LogP contribution in [0.1, 0.15) is 41.6 Å². The van der Waals surface area contributed by atoms with Gasteiger partial charge < -0.3 is 19.2 Å². The van der Waals surface area contributed by atoms with Gasteiger partial charge in [-0.05, 0) is 56.0 Å². The highest BCUT2D eigenvalue weighted by Crippen LogP contribution is 2.32. The van der Waals surface area contributed by atoms with E-state index in [1.165, 1.54) is 0 Å². The van der Waals surface area contributed by atoms with E-state index in [1.54, 1.807) is 12.3 Å². The maximum atomic E-state index is 13.3. The van der Waals surface area contributed by atoms with E-state index in [0.29, 0.717) is 31.6 Å². The second kappa shape index (κ2) is 10.7. The Balaban J connectivity index is 1.41. The van der Waals surface area contributed by atoms with Crippen molar-refractivity contribution in [2.24, 2.45) is 0 Å². The van der Waals surface area contributed by atoms with Crippen LogP contribution < -0.4 is 4.74 Å². The molecular formula is C27H27NO5. The zero-order valence-corrected chi connectivity index (χ0v) is 18.4. The van der Waals surface area contributed by atoms with E-state index in [0.717, 1.165) is 41.6 Å². The number of amides is 1. The highest BCUT2D eigenvalue weighted by molar-refractivity contribution is 5.95. The van der Waals surface area contributed by atoms with Crippen molar-refractivity contribution in [3.63, 3.8) is 0 Å². The van der Waals surface area contributed by atoms with Crippen molar-refractivity contribution in [1.82, 2.24) is 4.90 Å². The summed E-state index contributed by atoms with van der Waals surface area (Å²) >= 11 is 0. The van der Waals surface area contributed by atoms with Gasteiger partial charge in [-0.1, -0.05) is 36.4 Å². The number of hydrogen-bond acceptors (Lipinski definition) is 4. The minimum atomic E-state index is -0.943. The Bertz CT molecular complexity index is 1100. The summed E-state index contributed by atoms with van der Waals surface area (Å²) < 4.78 is 11.4. The largest absolute Gasteiger partial charge is 0.493 e. The van der Waals surface area contributed by atoms with Crippen LogP contribution in [0.4, 0.5) is 0 Å². The van der Waals surface area contributed by atoms with Gasteiger partial charge in [0.1, 0.15) is 11.5 Å². The SMILES string of the molecule is O=C(O)/C=C/CCCOc1ccccc1CN(C(=O)c1ccc(-c2ccco2)cc1)C1CC1. The van der Waals surface area contributed by atoms with Crippen LogP contribution in [0.5, 0.6) is 5.75 Å². The van der Waals surface area contributed by atoms with Crippen LogP contribution in [-0.4, -0.2) is 34.5 Å². The third-order valence-corrected chi connectivity index (χ3v) is 5.53. The number of carbonyl (C=O) groups excluding carboxylic acids is 1. The number of carboxylic acid groups (broad SMARTS) is 1. The molecule has 1 aromatic heterocycles. The van der Waals surface area contributed by atoms with Crippen LogP contribution in [0.2, 0.25) is 0 Å². The molecule has 0 saturated heterocycles. The Morgan fingerprint density at radius 3 is 2.55 bits per heavy atom. The lowest BCUT2D eigenvalue weighted by Crippen LogP contribution is -2.32. The topological polar surface area (TPSA) is 80.0 Å². The van der Waals surface area contributed by atoms with Crippen LogP contribution in [0.25, 0.3) is 11.3 Å². The first-order chi connectivity index (χ1) is 16.1. The minimum Gasteiger partial charge on any atom is -0.493 e. The maximum Gasteiger partial charge on any atom is 0.327 e. The molecule has 1 N–H and O–H groups in total. The standard InChI is InChI=1S/C27H27NO5/c29-26(30)10-2-1-5-17-32-25-8-4-3-7-22(25)19-28(23-15-16-23)27(31)21-13-11-20(12-14-21)24-9-6-18-33-24/h2-4,6-14,18,23H,1,5,15-17,19H2,(H,29,30)/b10-2+. The first kappa shape index (κ1) is 22.4. The fourth-order valence-electron chi connectivity index (χ4n) is 3.66. The van der Waals surface area contributed by atoms with Gasteiger partial charge in [0.2, 0.25) is 0 Å². The molecule has 0 spiro atoms. The molecule has 0 atom stereocenters. The number of carbonyl (C=O) groups is 2. The number of benzene rings is 2. The molecule has 2 aromatic carbocycles. The van der Waals surface area contributed by atoms with Gasteiger partial charge in [-0.15, -0.1) is 0 Å². The summed E-state index contributed by atoms with van der Waals surface area (Å²) in [6.07, 6.45) is 7.77. The summed E-state index contributed by atoms with van der Waals surface area (Å²) in [7, 11) is 0. The number of nitrogens with zero attached hydrogens (tertiary/aromatic N) is 1. The molecule has 1 aliphatic carbocycles. The second-order valence-electron chi connectivity index (χ2n) is 8.06. The van der Waals surface area contributed by atoms with Gasteiger partial charge in [0.05, 0.1) is 12.9 Å². The van der Waals surface area contributed by atoms with Gasteiger partial charge in [-0.25, -0.2) is 4.79 Å². The van der Waals surface area contributed by atoms with Crippen LogP contribution in [0.3, 0.4) is 0 Å². The molecule has 1 aliphatic rings. The van der Waals surface area contributed by atoms with Crippen LogP contribution in [0.15, 0.2) is 83.5 Å². The van der Waals surface area contributed by atoms with Crippen molar-refractivity contribution in [3.8, 4) is 17.1 Å². The first-order valence-corrected chi connectivity index (χ1v) is 11.2. The van der Waals surface area contributed by atoms with Crippen molar-refractivity contribution in [3.05, 3.63) is 90.2 Å². The lowest BCUT2D eigenvalue weighted by atomic mass is 10.1. The summed E-state index contributed by atoms with van der Waals surface area (Å²) in [5, 5.41) is 8.65. The molecule has 0 unspecified atom stereocenters. The van der Waals surface area contributed by atoms with Gasteiger partial charge in [-0.2, -0.15) is 0 Å². The summed E-state index contributed by atoms with van der Waals surface area (Å²) in [6, 6.07) is 19.3. The Labute approximate surface area is 193 Å². The molecule has 1 amide bonds. The van der Waals surface area contributed by atoms with Gasteiger partial charge in [0.15, 0.2) is 0 Å². The molecule has 1 heterocycles. The fourth-order valence-corrected chi connectivity index (χ4v) is 3.66. The molecule has 4 rings (SSSR count). The van der Waals surface area contributed by atoms with Gasteiger partial charge in [-0.3, -0.25) is 4.79 Å². The number of unbranched alkanes of at least 4 members (excludes halogenated alkanes) is 1. The Morgan fingerprint density at radius 2 is 1.85 bits per heavy atom. The molecule has 6 nitrogen and oxygen atoms in total. The van der Waals surface area contributed by atoms with E-state index >= 15 is 0 Å². The number of para-hydroxylation sites is 1. The number of rotatable bonds is 11. The molecule has 0 bridgehead atoms. The Morgan fingerprint density at radius 1 is 1.06 bits per heavy atom. The highest BCUT2D eigenvalue weighted by atomic mass is 16.5. The van der Waals surface area contributed by atoms with Crippen LogP contribution in [0, 0.1) is 0 Å². The van der Waals surface area contributed by atoms with E-state index in [1.807, 2.05) is 65.6 Å². The van der Waals surface area contributed by atoms with E-state index in [9.17, 15) is 9.59 Å². The summed E-state index contributed by atoms with van der Waals surface area (Å²) in [5.74, 6) is 0.600. The molecule has 0 aliphatic heterocycles. The Hall–Kier alpha value is -3.80. The molecule has 1 saturated carbocycles. The zero-order chi connectivity index (χ0) is 23.0. The second-order valence-corrected chi connectivity index (χ2v) is 8.06. The number of hydrogen-bond donors (Lipinski definition) is 1. The number of carboxylic acids is 1. The van der Waals surface area contributed by atoms with Crippen molar-refractivity contribution in [1.29, 1.82) is 0 Å². The van der Waals surface area contributed by atoms with Crippen molar-refractivity contribution >= 4 is 11.9 Å². The number of ether oxygens (including phenoxy) is 1. The predicted molar refractivity (Wildman–Crippen MR) is 125 cm³/mol. The average molecular weight is 446 g/mol. The normalized spacial score (nSPS) is 13.2. The summed E-state index contributed by atoms with van der Waals surface area (Å²) in [4.78, 5) is 25.8. The summed E-state index contributed by atoms with van der Waals surface area (Å²) in [5.41, 5.74) is 2.55. The molecule has 170 valence electrons. The quantitative estimate of drug-likeness (QED) is 0.309. The van der Waals surface area contributed by atoms with E-state index in [4.69, 9.17) is 14.3 Å². The monoisotopic (exact) mass is 445 g/mol. The van der Waals surface area contributed by atoms with Gasteiger partial charge >= 0.3 is 5.97 Å². The lowest BCUT2D eigenvalue weighted by molar-refractivity contribution is -0.131. The fraction of sp³-hybridized carbons (Fsp3) is 0.259. The number of allylic oxidation sites excluding steroid dienone is 1. The molecule has 1 fully saturated rings. The van der Waals surface area contributed by atoms with Crippen molar-refractivity contribution in [2.75, 3.05) is 6.61 Å². The predicted octanol–water partition coefficient (Wildman–Crippen LogP) is 5.55. The molecule has 33 heavy (non-hydrogen) atoms. The smallest absolute Gasteiger partial charge is 0.327 e. The summed E-state index contributed by atoms with van der Waals surface area (Å²) in [6.45, 7) is 0.963. The maximum absolute atomic E-state index is 13.3. The highest BCUT2D eigenvalue weighted by Gasteiger charge is 2.33. The Kier molecular flexibility index (Phi) is 7.25. The van der Waals surface area contributed by atoms with Crippen molar-refractivity contribution in [2.45, 2.75) is 38.3 Å². The molecule has 6 heteroatoms. The first-order valence-electron chi connectivity index (χ1n) is 11.2. The number of furan rings is 1. The van der Waals surface area contributed by atoms with E-state index < -0.39 is 5.97 Å². The average Bonchev–Trinajstić information content (AvgIpc) is 3.52.